The van der Waals surface area contributed by atoms with Crippen molar-refractivity contribution in [1.29, 1.82) is 0 Å². The molecule has 3 saturated heterocycles. The minimum atomic E-state index is -1.12. The van der Waals surface area contributed by atoms with Gasteiger partial charge in [-0.3, -0.25) is 14.4 Å². The van der Waals surface area contributed by atoms with Crippen molar-refractivity contribution in [2.75, 3.05) is 36.5 Å². The summed E-state index contributed by atoms with van der Waals surface area (Å²) in [5, 5.41) is 16.5. The Morgan fingerprint density at radius 3 is 2.41 bits per heavy atom. The normalized spacial score (nSPS) is 27.0. The molecule has 2 bridgehead atoms. The lowest BCUT2D eigenvalue weighted by atomic mass is 9.70. The minimum absolute atomic E-state index is 0.201. The Bertz CT molecular complexity index is 1230. The number of anilines is 2. The van der Waals surface area contributed by atoms with Gasteiger partial charge in [0.2, 0.25) is 17.7 Å². The Balaban J connectivity index is 1.48. The van der Waals surface area contributed by atoms with Crippen LogP contribution in [0.2, 0.25) is 0 Å². The van der Waals surface area contributed by atoms with Gasteiger partial charge >= 0.3 is 0 Å². The summed E-state index contributed by atoms with van der Waals surface area (Å²) in [6.45, 7) is 8.12. The zero-order chi connectivity index (χ0) is 29.1. The number of hydrogen-bond acceptors (Lipinski definition) is 6. The fourth-order valence-corrected chi connectivity index (χ4v) is 7.14. The average Bonchev–Trinajstić information content (AvgIpc) is 3.64. The van der Waals surface area contributed by atoms with Crippen molar-refractivity contribution in [3.05, 3.63) is 60.2 Å². The number of fused-ring (bicyclic) bond motifs is 1. The maximum atomic E-state index is 14.3. The summed E-state index contributed by atoms with van der Waals surface area (Å²) in [7, 11) is 0. The largest absolute Gasteiger partial charge is 0.394 e. The smallest absolute Gasteiger partial charge is 0.250 e. The summed E-state index contributed by atoms with van der Waals surface area (Å²) in [5.41, 5.74) is 1.51. The van der Waals surface area contributed by atoms with Gasteiger partial charge in [0.05, 0.1) is 30.6 Å². The number of hydrogen-bond donors (Lipinski definition) is 3. The molecule has 5 rings (SSSR count). The standard InChI is InChI=1S/C32H42N4O5/c1-4-18-33-29(38)26-25-16-17-32(41-25)27(26)31(40)36(24(20-37)19-21-10-8-7-9-11-21)28(32)30(39)34-22-12-14-23(15-13-22)35(5-2)6-3/h7-15,24-28,37H,4-6,16-20H2,1-3H3,(H,33,38)(H,34,39)/t24-,25+,26-,27+,28?,32?/m1/s1. The van der Waals surface area contributed by atoms with Gasteiger partial charge in [-0.2, -0.15) is 0 Å². The Morgan fingerprint density at radius 2 is 1.78 bits per heavy atom. The summed E-state index contributed by atoms with van der Waals surface area (Å²) in [4.78, 5) is 45.5. The quantitative estimate of drug-likeness (QED) is 0.367. The van der Waals surface area contributed by atoms with Gasteiger partial charge in [-0.25, -0.2) is 0 Å². The first kappa shape index (κ1) is 29.1. The van der Waals surface area contributed by atoms with Crippen LogP contribution in [0.5, 0.6) is 0 Å². The highest BCUT2D eigenvalue weighted by molar-refractivity contribution is 6.03. The van der Waals surface area contributed by atoms with Crippen molar-refractivity contribution in [1.82, 2.24) is 10.2 Å². The number of aliphatic hydroxyl groups is 1. The molecule has 3 fully saturated rings. The number of carbonyl (C=O) groups is 3. The summed E-state index contributed by atoms with van der Waals surface area (Å²) < 4.78 is 6.52. The van der Waals surface area contributed by atoms with E-state index < -0.39 is 35.6 Å². The second-order valence-electron chi connectivity index (χ2n) is 11.3. The van der Waals surface area contributed by atoms with Gasteiger partial charge in [-0.1, -0.05) is 37.3 Å². The molecule has 0 saturated carbocycles. The van der Waals surface area contributed by atoms with Gasteiger partial charge in [0, 0.05) is 31.0 Å². The molecule has 0 aliphatic carbocycles. The third-order valence-corrected chi connectivity index (χ3v) is 9.02. The molecule has 3 aliphatic rings. The van der Waals surface area contributed by atoms with Crippen LogP contribution in [-0.2, 0) is 25.5 Å². The summed E-state index contributed by atoms with van der Waals surface area (Å²) in [6.07, 6.45) is 1.86. The fraction of sp³-hybridized carbons (Fsp3) is 0.531. The van der Waals surface area contributed by atoms with Crippen LogP contribution < -0.4 is 15.5 Å². The molecule has 3 aliphatic heterocycles. The number of benzene rings is 2. The molecule has 3 N–H and O–H groups in total. The van der Waals surface area contributed by atoms with E-state index in [1.165, 1.54) is 4.90 Å². The van der Waals surface area contributed by atoms with Crippen LogP contribution in [0.3, 0.4) is 0 Å². The lowest BCUT2D eigenvalue weighted by Crippen LogP contribution is -2.56. The van der Waals surface area contributed by atoms with Crippen molar-refractivity contribution in [2.24, 2.45) is 11.8 Å². The molecule has 2 unspecified atom stereocenters. The van der Waals surface area contributed by atoms with Crippen LogP contribution in [0, 0.1) is 11.8 Å². The van der Waals surface area contributed by atoms with Crippen molar-refractivity contribution < 1.29 is 24.2 Å². The van der Waals surface area contributed by atoms with Gasteiger partial charge in [-0.15, -0.1) is 0 Å². The van der Waals surface area contributed by atoms with E-state index in [0.29, 0.717) is 31.5 Å². The number of likely N-dealkylation sites (tertiary alicyclic amines) is 1. The monoisotopic (exact) mass is 562 g/mol. The first-order valence-corrected chi connectivity index (χ1v) is 15.0. The minimum Gasteiger partial charge on any atom is -0.394 e. The molecule has 9 nitrogen and oxygen atoms in total. The third-order valence-electron chi connectivity index (χ3n) is 9.02. The van der Waals surface area contributed by atoms with Crippen LogP contribution in [0.15, 0.2) is 54.6 Å². The van der Waals surface area contributed by atoms with E-state index in [1.54, 1.807) is 0 Å². The van der Waals surface area contributed by atoms with Gasteiger partial charge in [0.1, 0.15) is 11.6 Å². The Labute approximate surface area is 242 Å². The van der Waals surface area contributed by atoms with E-state index in [-0.39, 0.29) is 24.3 Å². The van der Waals surface area contributed by atoms with Crippen molar-refractivity contribution in [2.45, 2.75) is 70.2 Å². The molecule has 6 atom stereocenters. The molecular weight excluding hydrogens is 520 g/mol. The highest BCUT2D eigenvalue weighted by Crippen LogP contribution is 2.59. The Hall–Kier alpha value is -3.43. The van der Waals surface area contributed by atoms with Gasteiger partial charge in [-0.05, 0) is 69.4 Å². The number of carbonyl (C=O) groups excluding carboxylic acids is 3. The van der Waals surface area contributed by atoms with Crippen LogP contribution in [0.25, 0.3) is 0 Å². The lowest BCUT2D eigenvalue weighted by molar-refractivity contribution is -0.144. The average molecular weight is 563 g/mol. The zero-order valence-electron chi connectivity index (χ0n) is 24.2. The number of nitrogens with zero attached hydrogens (tertiary/aromatic N) is 2. The van der Waals surface area contributed by atoms with Gasteiger partial charge in [0.25, 0.3) is 0 Å². The predicted octanol–water partition coefficient (Wildman–Crippen LogP) is 2.98. The van der Waals surface area contributed by atoms with E-state index in [9.17, 15) is 19.5 Å². The van der Waals surface area contributed by atoms with Crippen LogP contribution in [0.1, 0.15) is 45.6 Å². The molecule has 41 heavy (non-hydrogen) atoms. The van der Waals surface area contributed by atoms with Crippen molar-refractivity contribution in [3.8, 4) is 0 Å². The van der Waals surface area contributed by atoms with Crippen molar-refractivity contribution in [3.63, 3.8) is 0 Å². The maximum Gasteiger partial charge on any atom is 0.250 e. The fourth-order valence-electron chi connectivity index (χ4n) is 7.14. The predicted molar refractivity (Wildman–Crippen MR) is 157 cm³/mol. The van der Waals surface area contributed by atoms with Crippen LogP contribution in [0.4, 0.5) is 11.4 Å². The molecule has 1 spiro atoms. The number of amides is 3. The van der Waals surface area contributed by atoms with E-state index >= 15 is 0 Å². The second kappa shape index (κ2) is 12.2. The number of ether oxygens (including phenoxy) is 1. The summed E-state index contributed by atoms with van der Waals surface area (Å²) in [6, 6.07) is 15.7. The van der Waals surface area contributed by atoms with Crippen LogP contribution in [-0.4, -0.2) is 77.8 Å². The van der Waals surface area contributed by atoms with Crippen molar-refractivity contribution >= 4 is 29.1 Å². The number of rotatable bonds is 12. The van der Waals surface area contributed by atoms with Gasteiger partial charge in [0.15, 0.2) is 0 Å². The van der Waals surface area contributed by atoms with E-state index in [1.807, 2.05) is 61.5 Å². The maximum absolute atomic E-state index is 14.3. The Kier molecular flexibility index (Phi) is 8.66. The molecule has 2 aromatic rings. The molecule has 3 amide bonds. The van der Waals surface area contributed by atoms with Crippen LogP contribution >= 0.6 is 0 Å². The molecule has 3 heterocycles. The first-order valence-electron chi connectivity index (χ1n) is 15.0. The highest BCUT2D eigenvalue weighted by atomic mass is 16.5. The zero-order valence-corrected chi connectivity index (χ0v) is 24.2. The SMILES string of the molecule is CCCNC(=O)[C@@H]1[C@@H]2CCC3(O2)C(C(=O)Nc2ccc(N(CC)CC)cc2)N([C@@H](CO)Cc2ccccc2)C(=O)[C@H]13. The second-order valence-corrected chi connectivity index (χ2v) is 11.3. The summed E-state index contributed by atoms with van der Waals surface area (Å²) >= 11 is 0. The third kappa shape index (κ3) is 5.21. The topological polar surface area (TPSA) is 111 Å². The molecule has 2 aromatic carbocycles. The number of aliphatic hydroxyl groups excluding tert-OH is 1. The molecule has 220 valence electrons. The molecular formula is C32H42N4O5. The lowest BCUT2D eigenvalue weighted by Gasteiger charge is -2.36. The number of nitrogens with one attached hydrogen (secondary N) is 2. The molecule has 0 radical (unpaired) electrons. The molecule has 0 aromatic heterocycles. The van der Waals surface area contributed by atoms with Gasteiger partial charge < -0.3 is 30.3 Å². The summed E-state index contributed by atoms with van der Waals surface area (Å²) in [5.74, 6) is -2.29. The van der Waals surface area contributed by atoms with E-state index in [4.69, 9.17) is 4.74 Å². The van der Waals surface area contributed by atoms with E-state index in [0.717, 1.165) is 30.8 Å². The van der Waals surface area contributed by atoms with E-state index in [2.05, 4.69) is 29.4 Å². The molecule has 9 heteroatoms. The highest BCUT2D eigenvalue weighted by Gasteiger charge is 2.75. The first-order chi connectivity index (χ1) is 19.9. The Morgan fingerprint density at radius 1 is 1.07 bits per heavy atom.